The second-order valence-corrected chi connectivity index (χ2v) is 32.5. The Bertz CT molecular complexity index is 2980. The van der Waals surface area contributed by atoms with E-state index < -0.39 is 254 Å². The first kappa shape index (κ1) is 79.3. The van der Waals surface area contributed by atoms with Gasteiger partial charge in [-0.25, -0.2) is 4.79 Å². The highest BCUT2D eigenvalue weighted by Crippen LogP contribution is 2.77. The number of aliphatic carboxylic acids is 1. The Morgan fingerprint density at radius 3 is 1.50 bits per heavy atom. The van der Waals surface area contributed by atoms with Gasteiger partial charge in [0.15, 0.2) is 49.4 Å². The first-order valence-corrected chi connectivity index (χ1v) is 35.4. The lowest BCUT2D eigenvalue weighted by molar-refractivity contribution is -0.409. The lowest BCUT2D eigenvalue weighted by Crippen LogP contribution is -2.71. The first-order valence-electron chi connectivity index (χ1n) is 35.4. The molecule has 0 amide bonds. The van der Waals surface area contributed by atoms with E-state index in [0.717, 1.165) is 12.8 Å². The van der Waals surface area contributed by atoms with Crippen molar-refractivity contribution in [3.8, 4) is 0 Å². The quantitative estimate of drug-likeness (QED) is 0.0372. The van der Waals surface area contributed by atoms with Crippen molar-refractivity contribution >= 4 is 17.7 Å². The predicted octanol–water partition coefficient (Wildman–Crippen LogP) is -4.28. The molecule has 0 radical (unpaired) electrons. The van der Waals surface area contributed by atoms with Crippen LogP contribution in [0.4, 0.5) is 0 Å². The molecule has 578 valence electrons. The Morgan fingerprint density at radius 2 is 0.950 bits per heavy atom. The van der Waals surface area contributed by atoms with Crippen molar-refractivity contribution in [3.63, 3.8) is 0 Å². The van der Waals surface area contributed by atoms with Gasteiger partial charge in [0.05, 0.1) is 37.4 Å². The van der Waals surface area contributed by atoms with Crippen LogP contribution in [0.5, 0.6) is 0 Å². The van der Waals surface area contributed by atoms with E-state index in [1.807, 2.05) is 13.8 Å². The summed E-state index contributed by atoms with van der Waals surface area (Å²) < 4.78 is 72.7. The van der Waals surface area contributed by atoms with Gasteiger partial charge in [-0.3, -0.25) is 9.59 Å². The number of aliphatic hydroxyl groups excluding tert-OH is 17. The van der Waals surface area contributed by atoms with E-state index in [9.17, 15) is 106 Å². The molecule has 11 aliphatic rings. The Morgan fingerprint density at radius 1 is 0.475 bits per heavy atom. The maximum absolute atomic E-state index is 15.0. The summed E-state index contributed by atoms with van der Waals surface area (Å²) >= 11 is 0. The first-order chi connectivity index (χ1) is 47.2. The number of hydrogen-bond donors (Lipinski definition) is 18. The standard InChI is InChI=1S/C68H108O33/c1-25-35(73)39(77)45(83)55(90-25)95-49-32(24-71)94-58(53(48(49)86)98-56-46(84)40(78)36(74)26(2)91-56)99-52-44(82)43(81)50(54(87)88)96-60(52)101-68(27(3)72)20-18-65(8)33(62(68,4)5)13-14-67(10)34(65)12-11-28-29-21-64(7,16-15-63(29,6)17-19-66(28,67)9)61(89)100-59-51(42(80)38(76)31(23-70)93-59)97-57-47(85)41(79)37(75)30(22-69)92-57/h11,25-26,29-53,55-60,69-71,73-86H,12-24H2,1-10H3,(H,87,88). The molecule has 5 aliphatic carbocycles. The van der Waals surface area contributed by atoms with Crippen molar-refractivity contribution in [2.45, 2.75) is 323 Å². The fourth-order valence-corrected chi connectivity index (χ4v) is 19.9. The van der Waals surface area contributed by atoms with Crippen LogP contribution in [0.2, 0.25) is 0 Å². The molecule has 33 nitrogen and oxygen atoms in total. The minimum Gasteiger partial charge on any atom is -0.479 e. The molecule has 0 bridgehead atoms. The summed E-state index contributed by atoms with van der Waals surface area (Å²) in [4.78, 5) is 42.9. The number of carbonyl (C=O) groups excluding carboxylic acids is 2. The topological polar surface area (TPSA) is 526 Å². The van der Waals surface area contributed by atoms with Crippen molar-refractivity contribution in [1.29, 1.82) is 0 Å². The molecular formula is C68H108O33. The number of carbonyl (C=O) groups is 3. The van der Waals surface area contributed by atoms with E-state index in [-0.39, 0.29) is 29.6 Å². The number of allylic oxidation sites excluding steroid dienone is 2. The van der Waals surface area contributed by atoms with Gasteiger partial charge in [0.25, 0.3) is 0 Å². The molecule has 6 heterocycles. The minimum absolute atomic E-state index is 0.000816. The van der Waals surface area contributed by atoms with Crippen molar-refractivity contribution < 1.29 is 163 Å². The Kier molecular flexibility index (Phi) is 22.8. The molecule has 6 aliphatic heterocycles. The summed E-state index contributed by atoms with van der Waals surface area (Å²) in [5.74, 6) is -3.51. The van der Waals surface area contributed by atoms with Crippen molar-refractivity contribution in [2.24, 2.45) is 50.2 Å². The summed E-state index contributed by atoms with van der Waals surface area (Å²) in [7, 11) is 0. The zero-order valence-electron chi connectivity index (χ0n) is 58.5. The fourth-order valence-electron chi connectivity index (χ4n) is 19.9. The third-order valence-electron chi connectivity index (χ3n) is 26.7. The minimum atomic E-state index is -2.28. The lowest BCUT2D eigenvalue weighted by Gasteiger charge is -2.72. The molecule has 4 saturated carbocycles. The highest BCUT2D eigenvalue weighted by molar-refractivity contribution is 5.86. The number of ketones is 1. The van der Waals surface area contributed by atoms with E-state index in [1.54, 1.807) is 6.92 Å². The average molecular weight is 1450 g/mol. The lowest BCUT2D eigenvalue weighted by atomic mass is 9.33. The smallest absolute Gasteiger partial charge is 0.335 e. The third-order valence-corrected chi connectivity index (χ3v) is 26.7. The number of carboxylic acids is 1. The van der Waals surface area contributed by atoms with E-state index in [1.165, 1.54) is 26.3 Å². The van der Waals surface area contributed by atoms with E-state index >= 15 is 0 Å². The Hall–Kier alpha value is -2.77. The summed E-state index contributed by atoms with van der Waals surface area (Å²) in [6.07, 6.45) is -47.9. The number of aliphatic hydroxyl groups is 17. The molecule has 39 atom stereocenters. The van der Waals surface area contributed by atoms with E-state index in [2.05, 4.69) is 33.8 Å². The summed E-state index contributed by atoms with van der Waals surface area (Å²) in [5, 5.41) is 196. The maximum Gasteiger partial charge on any atom is 0.335 e. The van der Waals surface area contributed by atoms with Crippen LogP contribution >= 0.6 is 0 Å². The SMILES string of the molecule is CC(=O)C1(OC2OC(C(=O)O)C(O)C(O)C2OC2OC(CO)C(OC3OC(C)C(O)C(O)C3O)C(O)C2OC2OC(C)C(O)C(O)C2O)CCC2(C)C(CCC3(C)C2CC=C2C4CC(C)(C(=O)OC5OC(CO)C(O)C(O)C5OC5OC(CO)C(O)C(O)C5O)CCC4(C)CCC23C)C1(C)C. The van der Waals surface area contributed by atoms with Crippen LogP contribution in [0.15, 0.2) is 11.6 Å². The van der Waals surface area contributed by atoms with Gasteiger partial charge in [-0.05, 0) is 131 Å². The molecule has 33 heteroatoms. The van der Waals surface area contributed by atoms with E-state index in [4.69, 9.17) is 56.8 Å². The highest BCUT2D eigenvalue weighted by Gasteiger charge is 2.73. The largest absolute Gasteiger partial charge is 0.479 e. The Labute approximate surface area is 584 Å². The normalized spacial score (nSPS) is 54.4. The number of hydrogen-bond acceptors (Lipinski definition) is 32. The maximum atomic E-state index is 15.0. The molecule has 10 fully saturated rings. The molecule has 39 unspecified atom stereocenters. The monoisotopic (exact) mass is 1450 g/mol. The van der Waals surface area contributed by atoms with Gasteiger partial charge >= 0.3 is 11.9 Å². The van der Waals surface area contributed by atoms with Crippen molar-refractivity contribution in [2.75, 3.05) is 19.8 Å². The van der Waals surface area contributed by atoms with Crippen LogP contribution < -0.4 is 0 Å². The molecule has 101 heavy (non-hydrogen) atoms. The van der Waals surface area contributed by atoms with Gasteiger partial charge in [-0.2, -0.15) is 0 Å². The van der Waals surface area contributed by atoms with Crippen molar-refractivity contribution in [1.82, 2.24) is 0 Å². The molecule has 11 rings (SSSR count). The Balaban J connectivity index is 0.860. The van der Waals surface area contributed by atoms with Gasteiger partial charge in [-0.1, -0.05) is 53.2 Å². The van der Waals surface area contributed by atoms with Crippen LogP contribution in [0.25, 0.3) is 0 Å². The highest BCUT2D eigenvalue weighted by atomic mass is 16.8. The number of fused-ring (bicyclic) bond motifs is 7. The molecule has 0 aromatic rings. The van der Waals surface area contributed by atoms with Gasteiger partial charge in [0.2, 0.25) is 6.29 Å². The van der Waals surface area contributed by atoms with Gasteiger partial charge < -0.3 is 149 Å². The molecule has 0 spiro atoms. The molecule has 0 aromatic heterocycles. The predicted molar refractivity (Wildman–Crippen MR) is 335 cm³/mol. The second kappa shape index (κ2) is 29.0. The summed E-state index contributed by atoms with van der Waals surface area (Å²) in [6.45, 7) is 16.0. The number of ether oxygens (including phenoxy) is 12. The number of esters is 1. The zero-order valence-corrected chi connectivity index (χ0v) is 58.5. The van der Waals surface area contributed by atoms with Gasteiger partial charge in [-0.15, -0.1) is 0 Å². The van der Waals surface area contributed by atoms with Crippen LogP contribution in [-0.4, -0.2) is 319 Å². The molecule has 18 N–H and O–H groups in total. The molecule has 0 aromatic carbocycles. The van der Waals surface area contributed by atoms with Crippen LogP contribution in [0.3, 0.4) is 0 Å². The summed E-state index contributed by atoms with van der Waals surface area (Å²) in [6, 6.07) is 0. The number of carboxylic acid groups (broad SMARTS) is 1. The molecular weight excluding hydrogens is 1340 g/mol. The van der Waals surface area contributed by atoms with Crippen LogP contribution in [-0.2, 0) is 71.2 Å². The second-order valence-electron chi connectivity index (χ2n) is 32.5. The third kappa shape index (κ3) is 13.1. The van der Waals surface area contributed by atoms with Crippen molar-refractivity contribution in [3.05, 3.63) is 11.6 Å². The number of rotatable bonds is 17. The number of Topliss-reactive ketones (excluding diaryl/α,β-unsaturated/α-hetero) is 1. The fraction of sp³-hybridized carbons (Fsp3) is 0.926. The summed E-state index contributed by atoms with van der Waals surface area (Å²) in [5.41, 5.74) is -4.74. The molecule has 6 saturated heterocycles. The van der Waals surface area contributed by atoms with Crippen LogP contribution in [0.1, 0.15) is 133 Å². The average Bonchev–Trinajstić information content (AvgIpc) is 0.671. The van der Waals surface area contributed by atoms with Gasteiger partial charge in [0, 0.05) is 5.41 Å². The van der Waals surface area contributed by atoms with Crippen LogP contribution in [0, 0.1) is 50.2 Å². The zero-order chi connectivity index (χ0) is 74.2. The van der Waals surface area contributed by atoms with Gasteiger partial charge in [0.1, 0.15) is 128 Å². The van der Waals surface area contributed by atoms with E-state index in [0.29, 0.717) is 44.9 Å².